The number of ether oxygens (including phenoxy) is 1. The van der Waals surface area contributed by atoms with E-state index < -0.39 is 5.41 Å². The van der Waals surface area contributed by atoms with Crippen molar-refractivity contribution < 1.29 is 18.7 Å². The molecule has 2 heterocycles. The number of hydrogen-bond acceptors (Lipinski definition) is 3. The molecule has 2 aliphatic heterocycles. The van der Waals surface area contributed by atoms with Crippen molar-refractivity contribution in [3.8, 4) is 0 Å². The summed E-state index contributed by atoms with van der Waals surface area (Å²) in [5.74, 6) is -0.181. The van der Waals surface area contributed by atoms with Gasteiger partial charge in [-0.3, -0.25) is 9.59 Å². The van der Waals surface area contributed by atoms with E-state index >= 15 is 0 Å². The van der Waals surface area contributed by atoms with Crippen LogP contribution in [0.4, 0.5) is 4.39 Å². The summed E-state index contributed by atoms with van der Waals surface area (Å²) >= 11 is 0. The van der Waals surface area contributed by atoms with E-state index in [0.717, 1.165) is 12.8 Å². The van der Waals surface area contributed by atoms with Gasteiger partial charge in [-0.2, -0.15) is 0 Å². The molecule has 1 spiro atoms. The molecule has 136 valence electrons. The Kier molecular flexibility index (Phi) is 5.37. The molecular formula is C19H25FN2O3. The van der Waals surface area contributed by atoms with Crippen LogP contribution in [0.25, 0.3) is 0 Å². The number of piperidine rings is 1. The minimum Gasteiger partial charge on any atom is -0.384 e. The zero-order valence-corrected chi connectivity index (χ0v) is 14.7. The van der Waals surface area contributed by atoms with Crippen molar-refractivity contribution >= 4 is 11.8 Å². The highest BCUT2D eigenvalue weighted by atomic mass is 19.1. The Hall–Kier alpha value is -1.95. The molecule has 1 aromatic carbocycles. The van der Waals surface area contributed by atoms with Gasteiger partial charge >= 0.3 is 0 Å². The lowest BCUT2D eigenvalue weighted by Gasteiger charge is -2.39. The fraction of sp³-hybridized carbons (Fsp3) is 0.579. The quantitative estimate of drug-likeness (QED) is 0.820. The van der Waals surface area contributed by atoms with Crippen molar-refractivity contribution in [1.82, 2.24) is 9.80 Å². The minimum absolute atomic E-state index is 0.0396. The van der Waals surface area contributed by atoms with Gasteiger partial charge in [-0.25, -0.2) is 4.39 Å². The predicted octanol–water partition coefficient (Wildman–Crippen LogP) is 2.20. The van der Waals surface area contributed by atoms with Crippen molar-refractivity contribution in [1.29, 1.82) is 0 Å². The van der Waals surface area contributed by atoms with E-state index in [-0.39, 0.29) is 17.6 Å². The van der Waals surface area contributed by atoms with Crippen molar-refractivity contribution in [2.24, 2.45) is 5.41 Å². The second-order valence-corrected chi connectivity index (χ2v) is 7.01. The van der Waals surface area contributed by atoms with Crippen LogP contribution in [0, 0.1) is 11.2 Å². The lowest BCUT2D eigenvalue weighted by Crippen LogP contribution is -2.50. The first kappa shape index (κ1) is 17.9. The van der Waals surface area contributed by atoms with Crippen molar-refractivity contribution in [2.45, 2.75) is 32.2 Å². The predicted molar refractivity (Wildman–Crippen MR) is 91.2 cm³/mol. The van der Waals surface area contributed by atoms with Crippen LogP contribution in [0.3, 0.4) is 0 Å². The number of carbonyl (C=O) groups is 2. The lowest BCUT2D eigenvalue weighted by molar-refractivity contribution is -0.147. The van der Waals surface area contributed by atoms with E-state index in [0.29, 0.717) is 51.2 Å². The summed E-state index contributed by atoms with van der Waals surface area (Å²) in [7, 11) is 1.57. The van der Waals surface area contributed by atoms with E-state index in [2.05, 4.69) is 0 Å². The highest BCUT2D eigenvalue weighted by Gasteiger charge is 2.49. The third kappa shape index (κ3) is 3.68. The molecule has 0 aromatic heterocycles. The fourth-order valence-corrected chi connectivity index (χ4v) is 3.95. The molecule has 2 fully saturated rings. The average Bonchev–Trinajstić information content (AvgIpc) is 3.04. The molecular weight excluding hydrogens is 323 g/mol. The smallest absolute Gasteiger partial charge is 0.230 e. The number of rotatable bonds is 5. The Morgan fingerprint density at radius 2 is 2.08 bits per heavy atom. The van der Waals surface area contributed by atoms with Crippen LogP contribution in [-0.2, 0) is 20.9 Å². The van der Waals surface area contributed by atoms with E-state index in [9.17, 15) is 14.0 Å². The Balaban J connectivity index is 1.68. The van der Waals surface area contributed by atoms with Crippen molar-refractivity contribution in [2.75, 3.05) is 33.4 Å². The molecule has 0 N–H and O–H groups in total. The summed E-state index contributed by atoms with van der Waals surface area (Å²) in [6, 6.07) is 6.58. The molecule has 5 nitrogen and oxygen atoms in total. The van der Waals surface area contributed by atoms with Crippen molar-refractivity contribution in [3.05, 3.63) is 35.6 Å². The molecule has 25 heavy (non-hydrogen) atoms. The van der Waals surface area contributed by atoms with Crippen LogP contribution in [0.15, 0.2) is 24.3 Å². The van der Waals surface area contributed by atoms with E-state index in [1.807, 2.05) is 0 Å². The number of halogens is 1. The standard InChI is InChI=1S/C19H25FN2O3/c1-25-12-7-17(23)22-11-9-19(14-22)8-4-10-21(18(19)24)13-15-5-2-3-6-16(15)20/h2-3,5-6H,4,7-14H2,1H3. The normalized spacial score (nSPS) is 23.5. The van der Waals surface area contributed by atoms with Crippen molar-refractivity contribution in [3.63, 3.8) is 0 Å². The highest BCUT2D eigenvalue weighted by molar-refractivity contribution is 5.86. The van der Waals surface area contributed by atoms with Gasteiger partial charge in [0.2, 0.25) is 11.8 Å². The lowest BCUT2D eigenvalue weighted by atomic mass is 9.78. The Morgan fingerprint density at radius 3 is 2.84 bits per heavy atom. The number of likely N-dealkylation sites (tertiary alicyclic amines) is 2. The zero-order valence-electron chi connectivity index (χ0n) is 14.7. The number of methoxy groups -OCH3 is 1. The maximum atomic E-state index is 13.9. The third-order valence-electron chi connectivity index (χ3n) is 5.37. The Bertz CT molecular complexity index is 651. The van der Waals surface area contributed by atoms with Gasteiger partial charge < -0.3 is 14.5 Å². The minimum atomic E-state index is -0.494. The molecule has 0 aliphatic carbocycles. The maximum absolute atomic E-state index is 13.9. The molecule has 3 rings (SSSR count). The fourth-order valence-electron chi connectivity index (χ4n) is 3.95. The van der Waals surface area contributed by atoms with Gasteiger partial charge in [0.1, 0.15) is 5.82 Å². The monoisotopic (exact) mass is 348 g/mol. The van der Waals surface area contributed by atoms with Crippen LogP contribution in [-0.4, -0.2) is 55.0 Å². The topological polar surface area (TPSA) is 49.9 Å². The zero-order chi connectivity index (χ0) is 17.9. The van der Waals surface area contributed by atoms with E-state index in [1.54, 1.807) is 35.1 Å². The summed E-state index contributed by atoms with van der Waals surface area (Å²) in [4.78, 5) is 28.9. The molecule has 0 bridgehead atoms. The van der Waals surface area contributed by atoms with Gasteiger partial charge in [-0.05, 0) is 25.3 Å². The molecule has 0 radical (unpaired) electrons. The first-order chi connectivity index (χ1) is 12.1. The van der Waals surface area contributed by atoms with Gasteiger partial charge in [0, 0.05) is 38.9 Å². The van der Waals surface area contributed by atoms with Gasteiger partial charge in [0.05, 0.1) is 18.4 Å². The number of carbonyl (C=O) groups excluding carboxylic acids is 2. The molecule has 1 atom stereocenters. The first-order valence-electron chi connectivity index (χ1n) is 8.85. The van der Waals surface area contributed by atoms with Crippen LogP contribution in [0.5, 0.6) is 0 Å². The van der Waals surface area contributed by atoms with Crippen LogP contribution in [0.2, 0.25) is 0 Å². The second-order valence-electron chi connectivity index (χ2n) is 7.01. The van der Waals surface area contributed by atoms with E-state index in [1.165, 1.54) is 6.07 Å². The average molecular weight is 348 g/mol. The second kappa shape index (κ2) is 7.52. The highest BCUT2D eigenvalue weighted by Crippen LogP contribution is 2.40. The van der Waals surface area contributed by atoms with Gasteiger partial charge in [0.15, 0.2) is 0 Å². The molecule has 6 heteroatoms. The summed E-state index contributed by atoms with van der Waals surface area (Å²) < 4.78 is 18.9. The summed E-state index contributed by atoms with van der Waals surface area (Å²) in [6.07, 6.45) is 2.73. The van der Waals surface area contributed by atoms with Crippen LogP contribution in [0.1, 0.15) is 31.2 Å². The van der Waals surface area contributed by atoms with E-state index in [4.69, 9.17) is 4.74 Å². The molecule has 1 aromatic rings. The number of nitrogens with zero attached hydrogens (tertiary/aromatic N) is 2. The summed E-state index contributed by atoms with van der Waals surface area (Å²) in [5, 5.41) is 0. The largest absolute Gasteiger partial charge is 0.384 e. The number of amides is 2. The summed E-state index contributed by atoms with van der Waals surface area (Å²) in [6.45, 7) is 2.43. The summed E-state index contributed by atoms with van der Waals surface area (Å²) in [5.41, 5.74) is 0.0469. The SMILES string of the molecule is COCCC(=O)N1CCC2(CCCN(Cc3ccccc3F)C2=O)C1. The number of benzene rings is 1. The molecule has 0 saturated carbocycles. The van der Waals surface area contributed by atoms with Gasteiger partial charge in [0.25, 0.3) is 0 Å². The van der Waals surface area contributed by atoms with Crippen LogP contribution >= 0.6 is 0 Å². The molecule has 2 saturated heterocycles. The van der Waals surface area contributed by atoms with Gasteiger partial charge in [-0.1, -0.05) is 18.2 Å². The van der Waals surface area contributed by atoms with Crippen LogP contribution < -0.4 is 0 Å². The molecule has 2 amide bonds. The molecule has 2 aliphatic rings. The Morgan fingerprint density at radius 1 is 1.28 bits per heavy atom. The third-order valence-corrected chi connectivity index (χ3v) is 5.37. The number of hydrogen-bond donors (Lipinski definition) is 0. The maximum Gasteiger partial charge on any atom is 0.230 e. The van der Waals surface area contributed by atoms with Gasteiger partial charge in [-0.15, -0.1) is 0 Å². The Labute approximate surface area is 147 Å². The first-order valence-corrected chi connectivity index (χ1v) is 8.85. The molecule has 1 unspecified atom stereocenters.